The Morgan fingerprint density at radius 3 is 2.38 bits per heavy atom. The molecule has 0 aliphatic carbocycles. The van der Waals surface area contributed by atoms with E-state index in [-0.39, 0.29) is 16.5 Å². The van der Waals surface area contributed by atoms with Crippen molar-refractivity contribution < 1.29 is 17.6 Å². The molecule has 0 fully saturated rings. The molecule has 1 aliphatic rings. The topological polar surface area (TPSA) is 75.3 Å². The lowest BCUT2D eigenvalue weighted by atomic mass is 10.0. The number of allylic oxidation sites excluding steroid dienone is 1. The first kappa shape index (κ1) is 16.2. The van der Waals surface area contributed by atoms with Crippen LogP contribution in [0.5, 0.6) is 0 Å². The van der Waals surface area contributed by atoms with E-state index >= 15 is 0 Å². The number of anilines is 2. The van der Waals surface area contributed by atoms with E-state index in [4.69, 9.17) is 0 Å². The number of benzene rings is 2. The highest BCUT2D eigenvalue weighted by atomic mass is 32.2. The van der Waals surface area contributed by atoms with Gasteiger partial charge < -0.3 is 5.32 Å². The predicted octanol–water partition coefficient (Wildman–Crippen LogP) is 3.37. The first-order valence-corrected chi connectivity index (χ1v) is 8.68. The van der Waals surface area contributed by atoms with Crippen molar-refractivity contribution in [2.45, 2.75) is 18.7 Å². The summed E-state index contributed by atoms with van der Waals surface area (Å²) >= 11 is 0. The number of halogens is 1. The Morgan fingerprint density at radius 2 is 1.75 bits per heavy atom. The Balaban J connectivity index is 2.00. The molecule has 1 amide bonds. The molecule has 2 aromatic carbocycles. The molecule has 0 saturated heterocycles. The van der Waals surface area contributed by atoms with Crippen molar-refractivity contribution in [2.24, 2.45) is 0 Å². The van der Waals surface area contributed by atoms with Gasteiger partial charge in [0.2, 0.25) is 0 Å². The van der Waals surface area contributed by atoms with Gasteiger partial charge >= 0.3 is 0 Å². The van der Waals surface area contributed by atoms with Crippen LogP contribution in [0.2, 0.25) is 0 Å². The number of sulfonamides is 1. The molecule has 2 aromatic rings. The molecular formula is C17H15FN2O3S. The third kappa shape index (κ3) is 2.90. The van der Waals surface area contributed by atoms with Gasteiger partial charge in [-0.15, -0.1) is 0 Å². The summed E-state index contributed by atoms with van der Waals surface area (Å²) in [5, 5.41) is 2.71. The monoisotopic (exact) mass is 346 g/mol. The number of hydrogen-bond donors (Lipinski definition) is 2. The number of carbonyl (C=O) groups excluding carboxylic acids is 1. The van der Waals surface area contributed by atoms with E-state index in [1.54, 1.807) is 19.9 Å². The van der Waals surface area contributed by atoms with Crippen LogP contribution in [0.25, 0.3) is 5.57 Å². The Labute approximate surface area is 139 Å². The van der Waals surface area contributed by atoms with Crippen molar-refractivity contribution in [2.75, 3.05) is 10.0 Å². The van der Waals surface area contributed by atoms with Crippen molar-refractivity contribution in [3.63, 3.8) is 0 Å². The number of nitrogens with one attached hydrogen (secondary N) is 2. The number of fused-ring (bicyclic) bond motifs is 1. The van der Waals surface area contributed by atoms with Gasteiger partial charge in [-0.3, -0.25) is 9.52 Å². The smallest absolute Gasteiger partial charge is 0.261 e. The average Bonchev–Trinajstić information content (AvgIpc) is 2.84. The first-order valence-electron chi connectivity index (χ1n) is 7.19. The molecule has 0 atom stereocenters. The molecule has 0 aromatic heterocycles. The SMILES string of the molecule is CC(C)=C1C(=O)Nc2ccc(S(=O)(=O)Nc3ccc(F)cc3)cc21. The Kier molecular flexibility index (Phi) is 3.88. The lowest BCUT2D eigenvalue weighted by Crippen LogP contribution is -2.13. The van der Waals surface area contributed by atoms with Crippen LogP contribution >= 0.6 is 0 Å². The largest absolute Gasteiger partial charge is 0.321 e. The van der Waals surface area contributed by atoms with Gasteiger partial charge in [0.15, 0.2) is 0 Å². The van der Waals surface area contributed by atoms with Crippen LogP contribution in [0.15, 0.2) is 52.9 Å². The Morgan fingerprint density at radius 1 is 1.08 bits per heavy atom. The molecule has 2 N–H and O–H groups in total. The standard InChI is InChI=1S/C17H15FN2O3S/c1-10(2)16-14-9-13(7-8-15(14)19-17(16)21)24(22,23)20-12-5-3-11(18)4-6-12/h3-9,20H,1-2H3,(H,19,21). The normalized spacial score (nSPS) is 13.5. The van der Waals surface area contributed by atoms with E-state index in [1.165, 1.54) is 36.4 Å². The van der Waals surface area contributed by atoms with Crippen LogP contribution in [0.4, 0.5) is 15.8 Å². The van der Waals surface area contributed by atoms with Crippen LogP contribution in [0, 0.1) is 5.82 Å². The van der Waals surface area contributed by atoms with E-state index in [0.29, 0.717) is 16.8 Å². The van der Waals surface area contributed by atoms with E-state index in [2.05, 4.69) is 10.0 Å². The summed E-state index contributed by atoms with van der Waals surface area (Å²) in [6.45, 7) is 3.59. The summed E-state index contributed by atoms with van der Waals surface area (Å²) in [5.41, 5.74) is 2.67. The summed E-state index contributed by atoms with van der Waals surface area (Å²) in [4.78, 5) is 12.0. The van der Waals surface area contributed by atoms with Crippen molar-refractivity contribution in [1.29, 1.82) is 0 Å². The molecule has 7 heteroatoms. The highest BCUT2D eigenvalue weighted by molar-refractivity contribution is 7.92. The van der Waals surface area contributed by atoms with Crippen molar-refractivity contribution in [1.82, 2.24) is 0 Å². The van der Waals surface area contributed by atoms with Crippen LogP contribution in [-0.4, -0.2) is 14.3 Å². The average molecular weight is 346 g/mol. The van der Waals surface area contributed by atoms with E-state index in [9.17, 15) is 17.6 Å². The van der Waals surface area contributed by atoms with Crippen LogP contribution in [0.3, 0.4) is 0 Å². The molecule has 1 aliphatic heterocycles. The molecule has 3 rings (SSSR count). The summed E-state index contributed by atoms with van der Waals surface area (Å²) < 4.78 is 40.4. The highest BCUT2D eigenvalue weighted by Crippen LogP contribution is 2.35. The number of hydrogen-bond acceptors (Lipinski definition) is 3. The van der Waals surface area contributed by atoms with E-state index < -0.39 is 15.8 Å². The Hall–Kier alpha value is -2.67. The fourth-order valence-corrected chi connectivity index (χ4v) is 3.63. The molecular weight excluding hydrogens is 331 g/mol. The zero-order valence-corrected chi connectivity index (χ0v) is 13.9. The van der Waals surface area contributed by atoms with Crippen LogP contribution in [0.1, 0.15) is 19.4 Å². The zero-order chi connectivity index (χ0) is 17.5. The van der Waals surface area contributed by atoms with Gasteiger partial charge in [0, 0.05) is 22.5 Å². The van der Waals surface area contributed by atoms with Gasteiger partial charge in [0.25, 0.3) is 15.9 Å². The molecule has 0 radical (unpaired) electrons. The van der Waals surface area contributed by atoms with Crippen molar-refractivity contribution >= 4 is 32.9 Å². The molecule has 24 heavy (non-hydrogen) atoms. The second-order valence-corrected chi connectivity index (χ2v) is 7.33. The minimum absolute atomic E-state index is 0.0285. The summed E-state index contributed by atoms with van der Waals surface area (Å²) in [5.74, 6) is -0.695. The van der Waals surface area contributed by atoms with Gasteiger partial charge in [0.1, 0.15) is 5.82 Å². The molecule has 0 bridgehead atoms. The predicted molar refractivity (Wildman–Crippen MR) is 90.5 cm³/mol. The fourth-order valence-electron chi connectivity index (χ4n) is 2.54. The molecule has 124 valence electrons. The van der Waals surface area contributed by atoms with E-state index in [1.807, 2.05) is 0 Å². The molecule has 0 saturated carbocycles. The highest BCUT2D eigenvalue weighted by Gasteiger charge is 2.27. The quantitative estimate of drug-likeness (QED) is 0.837. The number of amides is 1. The van der Waals surface area contributed by atoms with Gasteiger partial charge in [-0.05, 0) is 56.3 Å². The Bertz CT molecular complexity index is 960. The van der Waals surface area contributed by atoms with Gasteiger partial charge in [0.05, 0.1) is 4.90 Å². The summed E-state index contributed by atoms with van der Waals surface area (Å²) in [6.07, 6.45) is 0. The summed E-state index contributed by atoms with van der Waals surface area (Å²) in [7, 11) is -3.85. The maximum atomic E-state index is 12.9. The molecule has 5 nitrogen and oxygen atoms in total. The minimum Gasteiger partial charge on any atom is -0.321 e. The second kappa shape index (κ2) is 5.76. The third-order valence-corrected chi connectivity index (χ3v) is 5.02. The number of rotatable bonds is 3. The van der Waals surface area contributed by atoms with Crippen LogP contribution in [-0.2, 0) is 14.8 Å². The lowest BCUT2D eigenvalue weighted by molar-refractivity contribution is -0.110. The van der Waals surface area contributed by atoms with Crippen LogP contribution < -0.4 is 10.0 Å². The zero-order valence-electron chi connectivity index (χ0n) is 13.1. The maximum Gasteiger partial charge on any atom is 0.261 e. The third-order valence-electron chi connectivity index (χ3n) is 3.64. The van der Waals surface area contributed by atoms with Crippen molar-refractivity contribution in [3.8, 4) is 0 Å². The maximum absolute atomic E-state index is 12.9. The van der Waals surface area contributed by atoms with Crippen molar-refractivity contribution in [3.05, 3.63) is 59.4 Å². The second-order valence-electron chi connectivity index (χ2n) is 5.65. The fraction of sp³-hybridized carbons (Fsp3) is 0.118. The van der Waals surface area contributed by atoms with Gasteiger partial charge in [-0.1, -0.05) is 5.57 Å². The molecule has 0 unspecified atom stereocenters. The van der Waals surface area contributed by atoms with E-state index in [0.717, 1.165) is 5.57 Å². The van der Waals surface area contributed by atoms with Gasteiger partial charge in [-0.2, -0.15) is 0 Å². The first-order chi connectivity index (χ1) is 11.3. The lowest BCUT2D eigenvalue weighted by Gasteiger charge is -2.09. The number of carbonyl (C=O) groups is 1. The van der Waals surface area contributed by atoms with Gasteiger partial charge in [-0.25, -0.2) is 12.8 Å². The summed E-state index contributed by atoms with van der Waals surface area (Å²) in [6, 6.07) is 9.46. The minimum atomic E-state index is -3.85. The molecule has 0 spiro atoms. The molecule has 1 heterocycles.